The molecule has 1 aliphatic rings. The zero-order chi connectivity index (χ0) is 22.7. The van der Waals surface area contributed by atoms with Gasteiger partial charge in [0.05, 0.1) is 17.9 Å². The number of nitrogens with zero attached hydrogens (tertiary/aromatic N) is 5. The summed E-state index contributed by atoms with van der Waals surface area (Å²) in [5.41, 5.74) is 0.677. The molecule has 0 saturated carbocycles. The molecule has 1 fully saturated rings. The number of alkyl halides is 2. The summed E-state index contributed by atoms with van der Waals surface area (Å²) < 4.78 is 37.0. The number of aryl methyl sites for hydroxylation is 1. The predicted octanol–water partition coefficient (Wildman–Crippen LogP) is 4.13. The number of hydrogen-bond acceptors (Lipinski definition) is 8. The van der Waals surface area contributed by atoms with Gasteiger partial charge in [0.2, 0.25) is 11.9 Å². The van der Waals surface area contributed by atoms with E-state index in [0.29, 0.717) is 17.2 Å². The molecule has 32 heavy (non-hydrogen) atoms. The third kappa shape index (κ3) is 4.71. The molecule has 1 N–H and O–H groups in total. The van der Waals surface area contributed by atoms with Crippen LogP contribution in [0.25, 0.3) is 0 Å². The summed E-state index contributed by atoms with van der Waals surface area (Å²) in [6, 6.07) is 11.1. The molecule has 1 amide bonds. The molecular weight excluding hydrogens is 422 g/mol. The first-order valence-electron chi connectivity index (χ1n) is 9.83. The molecule has 1 aromatic carbocycles. The Bertz CT molecular complexity index is 1080. The number of rotatable bonds is 7. The van der Waals surface area contributed by atoms with E-state index in [1.54, 1.807) is 25.3 Å². The summed E-state index contributed by atoms with van der Waals surface area (Å²) in [7, 11) is 0. The number of hydrogen-bond donors (Lipinski definition) is 1. The fourth-order valence-electron chi connectivity index (χ4n) is 3.09. The number of para-hydroxylation sites is 1. The van der Waals surface area contributed by atoms with Crippen molar-refractivity contribution in [1.82, 2.24) is 19.9 Å². The van der Waals surface area contributed by atoms with Crippen molar-refractivity contribution in [2.75, 3.05) is 16.8 Å². The molecule has 1 saturated heterocycles. The maximum Gasteiger partial charge on any atom is 0.417 e. The number of cyclic esters (lactones) is 1. The van der Waals surface area contributed by atoms with Crippen LogP contribution in [0.3, 0.4) is 0 Å². The molecule has 4 rings (SSSR count). The Hall–Kier alpha value is -3.89. The summed E-state index contributed by atoms with van der Waals surface area (Å²) >= 11 is 0. The minimum absolute atomic E-state index is 0.124. The van der Waals surface area contributed by atoms with Gasteiger partial charge in [-0.25, -0.2) is 18.5 Å². The van der Waals surface area contributed by atoms with Gasteiger partial charge >= 0.3 is 6.09 Å². The van der Waals surface area contributed by atoms with E-state index in [0.717, 1.165) is 4.90 Å². The number of amides is 1. The van der Waals surface area contributed by atoms with E-state index in [9.17, 15) is 13.6 Å². The Morgan fingerprint density at radius 1 is 1.12 bits per heavy atom. The van der Waals surface area contributed by atoms with Gasteiger partial charge < -0.3 is 14.8 Å². The standard InChI is InChI=1S/C21H20F2N6O3/c1-12(16-9-8-15(10-24-16)32-14-6-4-3-5-7-14)25-19-26-13(2)27-20(28-19)29-17(18(22)23)11-31-21(29)30/h3-10,12,17-18H,11H2,1-2H3,(H,25,26,27,28)/t12-,17+/m0/s1. The molecule has 0 spiro atoms. The third-order valence-corrected chi connectivity index (χ3v) is 4.68. The second-order valence-electron chi connectivity index (χ2n) is 7.05. The highest BCUT2D eigenvalue weighted by Gasteiger charge is 2.42. The summed E-state index contributed by atoms with van der Waals surface area (Å²) in [5.74, 6) is 1.47. The zero-order valence-electron chi connectivity index (χ0n) is 17.3. The first kappa shape index (κ1) is 21.3. The number of benzene rings is 1. The number of ether oxygens (including phenoxy) is 2. The van der Waals surface area contributed by atoms with E-state index in [1.807, 2.05) is 37.3 Å². The van der Waals surface area contributed by atoms with Gasteiger partial charge in [-0.3, -0.25) is 4.98 Å². The number of pyridine rings is 1. The fourth-order valence-corrected chi connectivity index (χ4v) is 3.09. The van der Waals surface area contributed by atoms with Crippen LogP contribution in [-0.2, 0) is 4.74 Å². The van der Waals surface area contributed by atoms with Gasteiger partial charge in [0.15, 0.2) is 0 Å². The minimum atomic E-state index is -2.80. The van der Waals surface area contributed by atoms with Crippen molar-refractivity contribution in [2.24, 2.45) is 0 Å². The highest BCUT2D eigenvalue weighted by molar-refractivity contribution is 5.88. The summed E-state index contributed by atoms with van der Waals surface area (Å²) in [6.07, 6.45) is -2.12. The maximum atomic E-state index is 13.3. The lowest BCUT2D eigenvalue weighted by molar-refractivity contribution is 0.104. The number of aromatic nitrogens is 4. The fraction of sp³-hybridized carbons (Fsp3) is 0.286. The first-order chi connectivity index (χ1) is 15.4. The van der Waals surface area contributed by atoms with Crippen LogP contribution in [0, 0.1) is 6.92 Å². The number of anilines is 2. The van der Waals surface area contributed by atoms with E-state index < -0.39 is 25.2 Å². The smallest absolute Gasteiger partial charge is 0.417 e. The van der Waals surface area contributed by atoms with E-state index in [2.05, 4.69) is 25.3 Å². The Morgan fingerprint density at radius 3 is 2.59 bits per heavy atom. The van der Waals surface area contributed by atoms with Crippen LogP contribution in [0.4, 0.5) is 25.5 Å². The van der Waals surface area contributed by atoms with Gasteiger partial charge in [-0.15, -0.1) is 0 Å². The van der Waals surface area contributed by atoms with Crippen molar-refractivity contribution in [3.8, 4) is 11.5 Å². The molecule has 0 aliphatic carbocycles. The topological polar surface area (TPSA) is 102 Å². The van der Waals surface area contributed by atoms with Gasteiger partial charge in [0.25, 0.3) is 6.43 Å². The van der Waals surface area contributed by atoms with Crippen molar-refractivity contribution >= 4 is 18.0 Å². The van der Waals surface area contributed by atoms with Crippen LogP contribution in [-0.4, -0.2) is 45.1 Å². The molecule has 2 atom stereocenters. The lowest BCUT2D eigenvalue weighted by Crippen LogP contribution is -2.40. The van der Waals surface area contributed by atoms with Crippen LogP contribution in [0.5, 0.6) is 11.5 Å². The second-order valence-corrected chi connectivity index (χ2v) is 7.05. The average Bonchev–Trinajstić information content (AvgIpc) is 3.16. The maximum absolute atomic E-state index is 13.3. The molecule has 9 nitrogen and oxygen atoms in total. The van der Waals surface area contributed by atoms with Crippen LogP contribution < -0.4 is 15.0 Å². The number of carbonyl (C=O) groups excluding carboxylic acids is 1. The molecule has 3 aromatic rings. The summed E-state index contributed by atoms with van der Waals surface area (Å²) in [4.78, 5) is 29.5. The Morgan fingerprint density at radius 2 is 1.91 bits per heavy atom. The molecule has 0 bridgehead atoms. The normalized spacial score (nSPS) is 16.7. The molecule has 0 unspecified atom stereocenters. The molecule has 2 aromatic heterocycles. The van der Waals surface area contributed by atoms with E-state index in [-0.39, 0.29) is 23.8 Å². The van der Waals surface area contributed by atoms with E-state index in [4.69, 9.17) is 9.47 Å². The Kier molecular flexibility index (Phi) is 6.06. The lowest BCUT2D eigenvalue weighted by Gasteiger charge is -2.20. The van der Waals surface area contributed by atoms with Gasteiger partial charge in [-0.05, 0) is 38.1 Å². The second kappa shape index (κ2) is 9.08. The van der Waals surface area contributed by atoms with Gasteiger partial charge in [-0.2, -0.15) is 15.0 Å². The largest absolute Gasteiger partial charge is 0.456 e. The lowest BCUT2D eigenvalue weighted by atomic mass is 10.2. The van der Waals surface area contributed by atoms with E-state index in [1.165, 1.54) is 0 Å². The number of carbonyl (C=O) groups is 1. The summed E-state index contributed by atoms with van der Waals surface area (Å²) in [5, 5.41) is 3.06. The van der Waals surface area contributed by atoms with Gasteiger partial charge in [-0.1, -0.05) is 18.2 Å². The van der Waals surface area contributed by atoms with Crippen LogP contribution in [0.2, 0.25) is 0 Å². The van der Waals surface area contributed by atoms with Crippen molar-refractivity contribution < 1.29 is 23.0 Å². The highest BCUT2D eigenvalue weighted by atomic mass is 19.3. The van der Waals surface area contributed by atoms with Crippen molar-refractivity contribution in [3.63, 3.8) is 0 Å². The van der Waals surface area contributed by atoms with Crippen molar-refractivity contribution in [2.45, 2.75) is 32.4 Å². The molecule has 0 radical (unpaired) electrons. The Balaban J connectivity index is 1.48. The minimum Gasteiger partial charge on any atom is -0.456 e. The number of halogens is 2. The quantitative estimate of drug-likeness (QED) is 0.583. The van der Waals surface area contributed by atoms with Crippen LogP contribution in [0.1, 0.15) is 24.5 Å². The predicted molar refractivity (Wildman–Crippen MR) is 111 cm³/mol. The SMILES string of the molecule is Cc1nc(N[C@@H](C)c2ccc(Oc3ccccc3)cn2)nc(N2C(=O)OC[C@@H]2C(F)F)n1. The zero-order valence-corrected chi connectivity index (χ0v) is 17.3. The molecular formula is C21H20F2N6O3. The molecule has 11 heteroatoms. The van der Waals surface area contributed by atoms with Crippen LogP contribution >= 0.6 is 0 Å². The summed E-state index contributed by atoms with van der Waals surface area (Å²) in [6.45, 7) is 2.99. The average molecular weight is 442 g/mol. The first-order valence-corrected chi connectivity index (χ1v) is 9.83. The molecule has 166 valence electrons. The van der Waals surface area contributed by atoms with E-state index >= 15 is 0 Å². The highest BCUT2D eigenvalue weighted by Crippen LogP contribution is 2.26. The number of nitrogens with one attached hydrogen (secondary N) is 1. The van der Waals surface area contributed by atoms with Gasteiger partial charge in [0.1, 0.15) is 30.0 Å². The molecule has 1 aliphatic heterocycles. The monoisotopic (exact) mass is 442 g/mol. The third-order valence-electron chi connectivity index (χ3n) is 4.68. The van der Waals surface area contributed by atoms with Gasteiger partial charge in [0, 0.05) is 0 Å². The molecule has 3 heterocycles. The van der Waals surface area contributed by atoms with Crippen LogP contribution in [0.15, 0.2) is 48.7 Å². The van der Waals surface area contributed by atoms with Crippen molar-refractivity contribution in [1.29, 1.82) is 0 Å². The Labute approximate surface area is 182 Å². The van der Waals surface area contributed by atoms with Crippen molar-refractivity contribution in [3.05, 3.63) is 60.2 Å².